The molecule has 1 aliphatic carbocycles. The maximum atomic E-state index is 14.5. The van der Waals surface area contributed by atoms with Crippen LogP contribution in [0.1, 0.15) is 78.2 Å². The highest BCUT2D eigenvalue weighted by Crippen LogP contribution is 2.32. The number of aromatic nitrogens is 2. The van der Waals surface area contributed by atoms with Crippen LogP contribution in [0.5, 0.6) is 0 Å². The summed E-state index contributed by atoms with van der Waals surface area (Å²) < 4.78 is 33.8. The molecule has 0 spiro atoms. The largest absolute Gasteiger partial charge is 0.400 e. The summed E-state index contributed by atoms with van der Waals surface area (Å²) >= 11 is 0. The number of hydrogen-bond donors (Lipinski definition) is 1. The highest BCUT2D eigenvalue weighted by atomic mass is 19.3. The first-order chi connectivity index (χ1) is 16.0. The van der Waals surface area contributed by atoms with Crippen LogP contribution in [0.15, 0.2) is 6.07 Å². The smallest absolute Gasteiger partial charge is 0.354 e. The molecule has 2 heterocycles. The fourth-order valence-corrected chi connectivity index (χ4v) is 4.78. The van der Waals surface area contributed by atoms with E-state index in [0.29, 0.717) is 23.6 Å². The van der Waals surface area contributed by atoms with Crippen molar-refractivity contribution in [1.29, 1.82) is 0 Å². The number of carbonyl (C=O) groups is 1. The third kappa shape index (κ3) is 7.31. The number of piperazine rings is 1. The van der Waals surface area contributed by atoms with E-state index >= 15 is 0 Å². The Kier molecular flexibility index (Phi) is 8.84. The van der Waals surface area contributed by atoms with Gasteiger partial charge in [-0.25, -0.2) is 9.97 Å². The van der Waals surface area contributed by atoms with E-state index in [4.69, 9.17) is 0 Å². The van der Waals surface area contributed by atoms with Gasteiger partial charge in [0.1, 0.15) is 17.3 Å². The first-order valence-corrected chi connectivity index (χ1v) is 12.6. The maximum Gasteiger partial charge on any atom is 0.400 e. The van der Waals surface area contributed by atoms with E-state index in [0.717, 1.165) is 58.4 Å². The fourth-order valence-electron chi connectivity index (χ4n) is 4.78. The molecule has 0 bridgehead atoms. The van der Waals surface area contributed by atoms with Crippen LogP contribution >= 0.6 is 0 Å². The number of rotatable bonds is 8. The fraction of sp³-hybridized carbons (Fsp3) is 0.800. The Balaban J connectivity index is 1.56. The van der Waals surface area contributed by atoms with Crippen molar-refractivity contribution >= 4 is 11.7 Å². The number of nitrogens with one attached hydrogen (secondary N) is 1. The molecule has 1 aliphatic heterocycles. The summed E-state index contributed by atoms with van der Waals surface area (Å²) in [6.07, 6.45) is 2.19. The molecule has 9 heteroatoms. The van der Waals surface area contributed by atoms with Gasteiger partial charge in [-0.05, 0) is 51.5 Å². The Bertz CT molecular complexity index is 814. The minimum atomic E-state index is -3.44. The summed E-state index contributed by atoms with van der Waals surface area (Å²) in [7, 11) is 0. The monoisotopic (exact) mass is 481 g/mol. The van der Waals surface area contributed by atoms with Crippen molar-refractivity contribution in [3.63, 3.8) is 0 Å². The van der Waals surface area contributed by atoms with Gasteiger partial charge in [0.25, 0.3) is 0 Å². The zero-order chi connectivity index (χ0) is 24.9. The predicted molar refractivity (Wildman–Crippen MR) is 129 cm³/mol. The summed E-state index contributed by atoms with van der Waals surface area (Å²) in [6.45, 7) is 13.1. The second-order valence-electron chi connectivity index (χ2n) is 10.7. The summed E-state index contributed by atoms with van der Waals surface area (Å²) in [4.78, 5) is 24.6. The van der Waals surface area contributed by atoms with E-state index in [1.807, 2.05) is 20.8 Å². The van der Waals surface area contributed by atoms with Gasteiger partial charge in [0.05, 0.1) is 6.61 Å². The highest BCUT2D eigenvalue weighted by Gasteiger charge is 2.37. The van der Waals surface area contributed by atoms with Gasteiger partial charge in [0.15, 0.2) is 0 Å². The highest BCUT2D eigenvalue weighted by molar-refractivity contribution is 5.73. The predicted octanol–water partition coefficient (Wildman–Crippen LogP) is 4.07. The zero-order valence-corrected chi connectivity index (χ0v) is 21.4. The van der Waals surface area contributed by atoms with Gasteiger partial charge in [-0.1, -0.05) is 20.8 Å². The van der Waals surface area contributed by atoms with Gasteiger partial charge >= 0.3 is 6.11 Å². The molecule has 0 aromatic carbocycles. The average Bonchev–Trinajstić information content (AvgIpc) is 2.78. The van der Waals surface area contributed by atoms with E-state index < -0.39 is 11.5 Å². The van der Waals surface area contributed by atoms with Gasteiger partial charge in [0.2, 0.25) is 5.91 Å². The molecule has 0 atom stereocenters. The van der Waals surface area contributed by atoms with Crippen molar-refractivity contribution in [2.75, 3.05) is 44.2 Å². The molecule has 0 radical (unpaired) electrons. The minimum Gasteiger partial charge on any atom is -0.354 e. The molecule has 3 rings (SSSR count). The van der Waals surface area contributed by atoms with E-state index in [1.54, 1.807) is 13.8 Å². The van der Waals surface area contributed by atoms with E-state index in [-0.39, 0.29) is 18.2 Å². The molecule has 7 nitrogen and oxygen atoms in total. The van der Waals surface area contributed by atoms with Gasteiger partial charge < -0.3 is 15.0 Å². The van der Waals surface area contributed by atoms with E-state index in [2.05, 4.69) is 29.8 Å². The first kappa shape index (κ1) is 26.7. The molecule has 2 aliphatic rings. The van der Waals surface area contributed by atoms with Crippen molar-refractivity contribution in [1.82, 2.24) is 20.2 Å². The molecule has 34 heavy (non-hydrogen) atoms. The van der Waals surface area contributed by atoms with Crippen LogP contribution in [0.2, 0.25) is 0 Å². The lowest BCUT2D eigenvalue weighted by Crippen LogP contribution is -2.47. The lowest BCUT2D eigenvalue weighted by Gasteiger charge is -2.37. The first-order valence-electron chi connectivity index (χ1n) is 12.6. The van der Waals surface area contributed by atoms with Crippen molar-refractivity contribution in [3.05, 3.63) is 17.6 Å². The molecular formula is C25H41F2N5O2. The number of halogens is 2. The molecule has 1 aromatic rings. The topological polar surface area (TPSA) is 70.6 Å². The standard InChI is InChI=1S/C25H41F2N5O2/c1-6-34-25(26,27)21-17-22(30-23(29-21)24(3,4)5)32-15-13-31(14-16-32)12-11-19-7-9-20(10-8-19)28-18(2)33/h17,19-20H,6-16H2,1-5H3,(H,28,33). The number of amides is 1. The Morgan fingerprint density at radius 1 is 1.12 bits per heavy atom. The van der Waals surface area contributed by atoms with Crippen LogP contribution in [0.3, 0.4) is 0 Å². The van der Waals surface area contributed by atoms with E-state index in [1.165, 1.54) is 12.5 Å². The van der Waals surface area contributed by atoms with Crippen molar-refractivity contribution in [3.8, 4) is 0 Å². The third-order valence-electron chi connectivity index (χ3n) is 6.81. The molecule has 1 saturated heterocycles. The lowest BCUT2D eigenvalue weighted by molar-refractivity contribution is -0.248. The molecule has 0 unspecified atom stereocenters. The number of anilines is 1. The summed E-state index contributed by atoms with van der Waals surface area (Å²) in [5.41, 5.74) is -0.824. The second-order valence-corrected chi connectivity index (χ2v) is 10.7. The number of ether oxygens (including phenoxy) is 1. The molecule has 1 saturated carbocycles. The number of alkyl halides is 2. The van der Waals surface area contributed by atoms with Gasteiger partial charge in [0, 0.05) is 50.6 Å². The van der Waals surface area contributed by atoms with Gasteiger partial charge in [-0.3, -0.25) is 9.69 Å². The molecule has 192 valence electrons. The Hall–Kier alpha value is -1.87. The van der Waals surface area contributed by atoms with Gasteiger partial charge in [-0.2, -0.15) is 8.78 Å². The lowest BCUT2D eigenvalue weighted by atomic mass is 9.84. The SMILES string of the molecule is CCOC(F)(F)c1cc(N2CCN(CCC3CCC(NC(C)=O)CC3)CC2)nc(C(C)(C)C)n1. The summed E-state index contributed by atoms with van der Waals surface area (Å²) in [5, 5.41) is 3.04. The minimum absolute atomic E-state index is 0.0633. The quantitative estimate of drug-likeness (QED) is 0.604. The molecule has 1 N–H and O–H groups in total. The average molecular weight is 482 g/mol. The van der Waals surface area contributed by atoms with Gasteiger partial charge in [-0.15, -0.1) is 0 Å². The van der Waals surface area contributed by atoms with Crippen molar-refractivity contribution in [2.45, 2.75) is 84.3 Å². The number of carbonyl (C=O) groups excluding carboxylic acids is 1. The molecule has 1 aromatic heterocycles. The number of hydrogen-bond acceptors (Lipinski definition) is 6. The van der Waals surface area contributed by atoms with Crippen LogP contribution in [0.4, 0.5) is 14.6 Å². The Morgan fingerprint density at radius 3 is 2.32 bits per heavy atom. The molecular weight excluding hydrogens is 440 g/mol. The summed E-state index contributed by atoms with van der Waals surface area (Å²) in [5.74, 6) is 1.72. The summed E-state index contributed by atoms with van der Waals surface area (Å²) in [6, 6.07) is 1.72. The van der Waals surface area contributed by atoms with Crippen LogP contribution < -0.4 is 10.2 Å². The van der Waals surface area contributed by atoms with Crippen LogP contribution in [-0.4, -0.2) is 66.1 Å². The van der Waals surface area contributed by atoms with Crippen LogP contribution in [0.25, 0.3) is 0 Å². The van der Waals surface area contributed by atoms with E-state index in [9.17, 15) is 13.6 Å². The Labute approximate surface area is 202 Å². The third-order valence-corrected chi connectivity index (χ3v) is 6.81. The number of nitrogens with zero attached hydrogens (tertiary/aromatic N) is 4. The zero-order valence-electron chi connectivity index (χ0n) is 21.4. The van der Waals surface area contributed by atoms with Crippen LogP contribution in [0, 0.1) is 5.92 Å². The Morgan fingerprint density at radius 2 is 1.76 bits per heavy atom. The molecule has 1 amide bonds. The van der Waals surface area contributed by atoms with Crippen LogP contribution in [-0.2, 0) is 21.1 Å². The second kappa shape index (κ2) is 11.2. The van der Waals surface area contributed by atoms with Crippen molar-refractivity contribution < 1.29 is 18.3 Å². The van der Waals surface area contributed by atoms with Crippen molar-refractivity contribution in [2.24, 2.45) is 5.92 Å². The maximum absolute atomic E-state index is 14.5. The normalized spacial score (nSPS) is 22.6. The molecule has 2 fully saturated rings.